The zero-order valence-electron chi connectivity index (χ0n) is 22.3. The number of esters is 1. The van der Waals surface area contributed by atoms with Gasteiger partial charge in [0, 0.05) is 7.05 Å². The normalized spacial score (nSPS) is 24.9. The minimum Gasteiger partial charge on any atom is -0.465 e. The maximum atomic E-state index is 15.7. The van der Waals surface area contributed by atoms with E-state index in [-0.39, 0.29) is 12.5 Å². The van der Waals surface area contributed by atoms with E-state index in [0.29, 0.717) is 28.6 Å². The van der Waals surface area contributed by atoms with Crippen LogP contribution in [-0.4, -0.2) is 80.7 Å². The Bertz CT molecular complexity index is 1390. The van der Waals surface area contributed by atoms with Gasteiger partial charge in [-0.3, -0.25) is 9.36 Å². The second kappa shape index (κ2) is 12.6. The number of nitrogens with zero attached hydrogens (tertiary/aromatic N) is 4. The number of rotatable bonds is 12. The molecule has 218 valence electrons. The first-order valence-electron chi connectivity index (χ1n) is 12.4. The summed E-state index contributed by atoms with van der Waals surface area (Å²) >= 11 is 12.0. The SMILES string of the molecule is CCOC(=O)[C@@H](C)NP(=S)(OC[C@@]1(CCl)O[C@@H](n2cnc3c(NC)nc(C)nc32)[C@@H](F)[C@@H]1O)Oc1ccccc1. The van der Waals surface area contributed by atoms with Gasteiger partial charge in [-0.05, 0) is 44.7 Å². The van der Waals surface area contributed by atoms with Crippen LogP contribution in [0.1, 0.15) is 25.9 Å². The molecule has 3 N–H and O–H groups in total. The van der Waals surface area contributed by atoms with Crippen LogP contribution in [0.2, 0.25) is 0 Å². The van der Waals surface area contributed by atoms with Gasteiger partial charge in [0.15, 0.2) is 29.4 Å². The Hall–Kier alpha value is -2.45. The number of alkyl halides is 2. The molecule has 2 aromatic heterocycles. The number of imidazole rings is 1. The minimum absolute atomic E-state index is 0.173. The zero-order valence-corrected chi connectivity index (χ0v) is 24.8. The highest BCUT2D eigenvalue weighted by atomic mass is 35.5. The number of fused-ring (bicyclic) bond motifs is 1. The smallest absolute Gasteiger partial charge is 0.323 e. The molecule has 1 unspecified atom stereocenters. The minimum atomic E-state index is -3.50. The number of anilines is 1. The topological polar surface area (TPSA) is 142 Å². The average Bonchev–Trinajstić information content (AvgIpc) is 3.46. The summed E-state index contributed by atoms with van der Waals surface area (Å²) in [6.45, 7) is 1.14. The van der Waals surface area contributed by atoms with Crippen LogP contribution in [0, 0.1) is 6.92 Å². The lowest BCUT2D eigenvalue weighted by Crippen LogP contribution is -2.48. The summed E-state index contributed by atoms with van der Waals surface area (Å²) in [5.41, 5.74) is -1.01. The van der Waals surface area contributed by atoms with Gasteiger partial charge in [0.2, 0.25) is 0 Å². The summed E-state index contributed by atoms with van der Waals surface area (Å²) in [4.78, 5) is 25.3. The highest BCUT2D eigenvalue weighted by molar-refractivity contribution is 8.09. The number of ether oxygens (including phenoxy) is 2. The Labute approximate surface area is 240 Å². The van der Waals surface area contributed by atoms with Gasteiger partial charge in [-0.1, -0.05) is 18.2 Å². The Morgan fingerprint density at radius 1 is 1.38 bits per heavy atom. The van der Waals surface area contributed by atoms with Crippen molar-refractivity contribution in [2.45, 2.75) is 50.9 Å². The number of aliphatic hydroxyl groups excluding tert-OH is 1. The monoisotopic (exact) mass is 616 g/mol. The third-order valence-electron chi connectivity index (χ3n) is 6.18. The quantitative estimate of drug-likeness (QED) is 0.156. The molecule has 12 nitrogen and oxygen atoms in total. The molecule has 0 spiro atoms. The molecule has 0 amide bonds. The molecule has 0 aliphatic carbocycles. The maximum absolute atomic E-state index is 15.7. The van der Waals surface area contributed by atoms with Crippen LogP contribution in [0.15, 0.2) is 36.7 Å². The average molecular weight is 617 g/mol. The number of halogens is 2. The Kier molecular flexibility index (Phi) is 9.61. The molecule has 0 saturated carbocycles. The number of aliphatic hydroxyl groups is 1. The van der Waals surface area contributed by atoms with Crippen LogP contribution in [0.4, 0.5) is 10.2 Å². The number of aryl methyl sites for hydroxylation is 1. The Balaban J connectivity index is 1.61. The van der Waals surface area contributed by atoms with Crippen molar-refractivity contribution in [2.24, 2.45) is 0 Å². The summed E-state index contributed by atoms with van der Waals surface area (Å²) in [5.74, 6) is 0.364. The van der Waals surface area contributed by atoms with Crippen LogP contribution in [0.3, 0.4) is 0 Å². The predicted molar refractivity (Wildman–Crippen MR) is 151 cm³/mol. The summed E-state index contributed by atoms with van der Waals surface area (Å²) in [6, 6.07) is 7.73. The summed E-state index contributed by atoms with van der Waals surface area (Å²) in [7, 11) is 1.68. The van der Waals surface area contributed by atoms with E-state index >= 15 is 4.39 Å². The van der Waals surface area contributed by atoms with Crippen molar-refractivity contribution in [3.63, 3.8) is 0 Å². The molecule has 3 heterocycles. The van der Waals surface area contributed by atoms with Gasteiger partial charge in [0.25, 0.3) is 0 Å². The third-order valence-corrected chi connectivity index (χ3v) is 9.11. The number of aromatic nitrogens is 4. The van der Waals surface area contributed by atoms with E-state index in [9.17, 15) is 9.90 Å². The summed E-state index contributed by atoms with van der Waals surface area (Å²) in [5, 5.41) is 16.9. The van der Waals surface area contributed by atoms with E-state index in [4.69, 9.17) is 41.9 Å². The van der Waals surface area contributed by atoms with E-state index in [1.54, 1.807) is 58.2 Å². The van der Waals surface area contributed by atoms with E-state index in [0.717, 1.165) is 0 Å². The van der Waals surface area contributed by atoms with Crippen LogP contribution in [-0.2, 0) is 30.6 Å². The second-order valence-electron chi connectivity index (χ2n) is 9.07. The van der Waals surface area contributed by atoms with Crippen molar-refractivity contribution in [1.29, 1.82) is 0 Å². The molecule has 1 saturated heterocycles. The molecule has 4 rings (SSSR count). The van der Waals surface area contributed by atoms with Crippen molar-refractivity contribution in [3.05, 3.63) is 42.5 Å². The molecular weight excluding hydrogens is 586 g/mol. The highest BCUT2D eigenvalue weighted by Crippen LogP contribution is 2.49. The molecule has 3 aromatic rings. The molecule has 1 aliphatic rings. The first-order chi connectivity index (χ1) is 19.1. The number of carbonyl (C=O) groups is 1. The maximum Gasteiger partial charge on any atom is 0.323 e. The fourth-order valence-corrected chi connectivity index (χ4v) is 6.88. The molecule has 0 radical (unpaired) electrons. The molecule has 6 atom stereocenters. The highest BCUT2D eigenvalue weighted by Gasteiger charge is 2.57. The molecule has 1 aliphatic heterocycles. The van der Waals surface area contributed by atoms with E-state index in [2.05, 4.69) is 25.4 Å². The summed E-state index contributed by atoms with van der Waals surface area (Å²) < 4.78 is 40.2. The largest absolute Gasteiger partial charge is 0.465 e. The standard InChI is InChI=1S/C24H31ClFN6O6PS/c1-5-35-23(34)14(2)31-39(40,38-16-9-7-6-8-10-16)36-12-24(11-25)19(33)17(26)22(37-24)32-13-28-18-20(27-4)29-15(3)30-21(18)32/h6-10,13-14,17,19,22,33H,5,11-12H2,1-4H3,(H,31,40)(H,27,29,30)/t14-,17+,19+,22-,24-,39?/m1/s1. The number of hydrogen-bond donors (Lipinski definition) is 3. The van der Waals surface area contributed by atoms with Gasteiger partial charge in [0.1, 0.15) is 29.3 Å². The number of benzene rings is 1. The third kappa shape index (κ3) is 6.23. The lowest BCUT2D eigenvalue weighted by Gasteiger charge is -2.33. The number of nitrogens with one attached hydrogen (secondary N) is 2. The number of para-hydroxylation sites is 1. The van der Waals surface area contributed by atoms with Crippen LogP contribution in [0.5, 0.6) is 5.75 Å². The van der Waals surface area contributed by atoms with Crippen LogP contribution >= 0.6 is 18.2 Å². The van der Waals surface area contributed by atoms with Crippen LogP contribution in [0.25, 0.3) is 11.2 Å². The fraction of sp³-hybridized carbons (Fsp3) is 0.500. The van der Waals surface area contributed by atoms with Gasteiger partial charge in [0.05, 0.1) is 25.4 Å². The lowest BCUT2D eigenvalue weighted by molar-refractivity contribution is -0.144. The van der Waals surface area contributed by atoms with Crippen molar-refractivity contribution in [2.75, 3.05) is 31.5 Å². The van der Waals surface area contributed by atoms with Gasteiger partial charge in [-0.2, -0.15) is 0 Å². The number of hydrogen-bond acceptors (Lipinski definition) is 11. The van der Waals surface area contributed by atoms with E-state index < -0.39 is 49.4 Å². The molecule has 0 bridgehead atoms. The van der Waals surface area contributed by atoms with E-state index in [1.165, 1.54) is 10.9 Å². The van der Waals surface area contributed by atoms with Crippen molar-refractivity contribution in [3.8, 4) is 5.75 Å². The molecule has 1 fully saturated rings. The second-order valence-corrected chi connectivity index (χ2v) is 12.5. The van der Waals surface area contributed by atoms with Crippen molar-refractivity contribution < 1.29 is 32.8 Å². The predicted octanol–water partition coefficient (Wildman–Crippen LogP) is 3.24. The number of carbonyl (C=O) groups excluding carboxylic acids is 1. The molecule has 1 aromatic carbocycles. The van der Waals surface area contributed by atoms with Gasteiger partial charge in [-0.25, -0.2) is 24.4 Å². The molecule has 40 heavy (non-hydrogen) atoms. The Morgan fingerprint density at radius 2 is 2.10 bits per heavy atom. The first-order valence-corrected chi connectivity index (χ1v) is 15.6. The van der Waals surface area contributed by atoms with E-state index in [1.807, 2.05) is 0 Å². The van der Waals surface area contributed by atoms with Gasteiger partial charge in [-0.15, -0.1) is 11.6 Å². The molecule has 16 heteroatoms. The first kappa shape index (κ1) is 30.5. The lowest BCUT2D eigenvalue weighted by atomic mass is 9.99. The molecular formula is C24H31ClFN6O6PS. The zero-order chi connectivity index (χ0) is 29.1. The van der Waals surface area contributed by atoms with Gasteiger partial charge < -0.3 is 28.9 Å². The summed E-state index contributed by atoms with van der Waals surface area (Å²) in [6.07, 6.45) is -3.60. The van der Waals surface area contributed by atoms with Gasteiger partial charge >= 0.3 is 12.6 Å². The van der Waals surface area contributed by atoms with Crippen molar-refractivity contribution in [1.82, 2.24) is 24.6 Å². The fourth-order valence-electron chi connectivity index (χ4n) is 4.15. The van der Waals surface area contributed by atoms with Crippen LogP contribution < -0.4 is 14.9 Å². The van der Waals surface area contributed by atoms with Crippen molar-refractivity contribution >= 4 is 53.0 Å². The Morgan fingerprint density at radius 3 is 2.75 bits per heavy atom.